The van der Waals surface area contributed by atoms with Gasteiger partial charge in [-0.05, 0) is 49.8 Å². The number of phenolic OH excluding ortho intramolecular Hbond substituents is 1. The first-order valence-electron chi connectivity index (χ1n) is 12.3. The summed E-state index contributed by atoms with van der Waals surface area (Å²) in [6, 6.07) is 16.5. The summed E-state index contributed by atoms with van der Waals surface area (Å²) in [6.45, 7) is 4.94. The molecule has 1 fully saturated rings. The van der Waals surface area contributed by atoms with Crippen molar-refractivity contribution >= 4 is 23.8 Å². The van der Waals surface area contributed by atoms with Crippen molar-refractivity contribution in [2.45, 2.75) is 51.4 Å². The predicted molar refractivity (Wildman–Crippen MR) is 140 cm³/mol. The number of para-hydroxylation sites is 1. The van der Waals surface area contributed by atoms with Crippen LogP contribution in [0.2, 0.25) is 0 Å². The van der Waals surface area contributed by atoms with E-state index in [-0.39, 0.29) is 31.0 Å². The molecule has 1 aliphatic heterocycles. The summed E-state index contributed by atoms with van der Waals surface area (Å²) in [7, 11) is 0. The smallest absolute Gasteiger partial charge is 0.328 e. The lowest BCUT2D eigenvalue weighted by molar-refractivity contribution is -0.145. The Morgan fingerprint density at radius 2 is 1.83 bits per heavy atom. The molecule has 0 spiro atoms. The van der Waals surface area contributed by atoms with Gasteiger partial charge in [-0.3, -0.25) is 4.90 Å². The van der Waals surface area contributed by atoms with Crippen molar-refractivity contribution < 1.29 is 19.4 Å². The number of thioether (sulfide) groups is 1. The Kier molecular flexibility index (Phi) is 10.8. The number of hydrogen-bond donors (Lipinski definition) is 2. The third-order valence-electron chi connectivity index (χ3n) is 6.32. The molecule has 1 saturated heterocycles. The van der Waals surface area contributed by atoms with Crippen molar-refractivity contribution in [2.75, 3.05) is 31.7 Å². The molecule has 0 bridgehead atoms. The van der Waals surface area contributed by atoms with Gasteiger partial charge in [0.15, 0.2) is 0 Å². The maximum atomic E-state index is 13.5. The Balaban J connectivity index is 1.71. The minimum atomic E-state index is -0.695. The Morgan fingerprint density at radius 3 is 2.49 bits per heavy atom. The van der Waals surface area contributed by atoms with Gasteiger partial charge in [-0.2, -0.15) is 11.8 Å². The van der Waals surface area contributed by atoms with E-state index in [1.165, 1.54) is 5.56 Å². The fourth-order valence-electron chi connectivity index (χ4n) is 4.38. The van der Waals surface area contributed by atoms with Crippen LogP contribution < -0.4 is 5.32 Å². The number of nitrogens with zero attached hydrogens (tertiary/aromatic N) is 2. The zero-order valence-electron chi connectivity index (χ0n) is 20.7. The van der Waals surface area contributed by atoms with Crippen LogP contribution in [0.4, 0.5) is 4.79 Å². The fourth-order valence-corrected chi connectivity index (χ4v) is 4.86. The van der Waals surface area contributed by atoms with Gasteiger partial charge in [0.2, 0.25) is 0 Å². The van der Waals surface area contributed by atoms with Crippen LogP contribution >= 0.6 is 11.8 Å². The van der Waals surface area contributed by atoms with E-state index in [4.69, 9.17) is 4.74 Å². The molecule has 0 aliphatic carbocycles. The molecule has 1 aliphatic rings. The number of phenols is 1. The van der Waals surface area contributed by atoms with Crippen LogP contribution in [-0.4, -0.2) is 70.7 Å². The minimum absolute atomic E-state index is 0.00465. The Bertz CT molecular complexity index is 935. The van der Waals surface area contributed by atoms with Crippen LogP contribution in [0.25, 0.3) is 0 Å². The summed E-state index contributed by atoms with van der Waals surface area (Å²) < 4.78 is 5.21. The average molecular weight is 500 g/mol. The van der Waals surface area contributed by atoms with Gasteiger partial charge in [0.05, 0.1) is 13.2 Å². The number of hydrogen-bond acceptors (Lipinski definition) is 6. The first-order valence-corrected chi connectivity index (χ1v) is 13.7. The summed E-state index contributed by atoms with van der Waals surface area (Å²) in [5.74, 6) is 0.493. The number of nitrogens with one attached hydrogen (secondary N) is 1. The van der Waals surface area contributed by atoms with Gasteiger partial charge in [0, 0.05) is 31.2 Å². The van der Waals surface area contributed by atoms with Gasteiger partial charge in [0.25, 0.3) is 0 Å². The van der Waals surface area contributed by atoms with Gasteiger partial charge >= 0.3 is 12.0 Å². The lowest BCUT2D eigenvalue weighted by atomic mass is 10.0. The van der Waals surface area contributed by atoms with Crippen molar-refractivity contribution in [3.8, 4) is 5.75 Å². The molecule has 2 N–H and O–H groups in total. The summed E-state index contributed by atoms with van der Waals surface area (Å²) in [4.78, 5) is 30.2. The molecule has 35 heavy (non-hydrogen) atoms. The van der Waals surface area contributed by atoms with Crippen LogP contribution in [0.1, 0.15) is 37.3 Å². The number of piperidine rings is 1. The van der Waals surface area contributed by atoms with Gasteiger partial charge in [-0.25, -0.2) is 9.59 Å². The molecule has 0 aromatic heterocycles. The summed E-state index contributed by atoms with van der Waals surface area (Å²) >= 11 is 1.62. The van der Waals surface area contributed by atoms with E-state index in [9.17, 15) is 14.7 Å². The van der Waals surface area contributed by atoms with E-state index >= 15 is 0 Å². The van der Waals surface area contributed by atoms with Crippen LogP contribution in [0, 0.1) is 0 Å². The number of rotatable bonds is 11. The molecule has 8 heteroatoms. The summed E-state index contributed by atoms with van der Waals surface area (Å²) in [5, 5.41) is 13.3. The average Bonchev–Trinajstić information content (AvgIpc) is 2.87. The molecule has 1 atom stereocenters. The lowest BCUT2D eigenvalue weighted by Gasteiger charge is -2.39. The number of esters is 1. The number of amides is 2. The quantitative estimate of drug-likeness (QED) is 0.450. The Hall–Kier alpha value is -2.71. The molecule has 2 aromatic carbocycles. The van der Waals surface area contributed by atoms with Crippen molar-refractivity contribution in [3.63, 3.8) is 0 Å². The van der Waals surface area contributed by atoms with Gasteiger partial charge in [-0.1, -0.05) is 48.5 Å². The third kappa shape index (κ3) is 8.18. The van der Waals surface area contributed by atoms with Crippen molar-refractivity contribution in [3.05, 3.63) is 65.7 Å². The maximum Gasteiger partial charge on any atom is 0.328 e. The molecule has 0 radical (unpaired) electrons. The zero-order valence-corrected chi connectivity index (χ0v) is 21.5. The predicted octanol–water partition coefficient (Wildman–Crippen LogP) is 4.25. The largest absolute Gasteiger partial charge is 0.508 e. The van der Waals surface area contributed by atoms with Crippen molar-refractivity contribution in [2.24, 2.45) is 0 Å². The molecular formula is C27H37N3O4S. The van der Waals surface area contributed by atoms with Crippen LogP contribution in [-0.2, 0) is 22.6 Å². The van der Waals surface area contributed by atoms with Crippen LogP contribution in [0.5, 0.6) is 5.75 Å². The molecule has 7 nitrogen and oxygen atoms in total. The van der Waals surface area contributed by atoms with E-state index in [0.29, 0.717) is 12.0 Å². The second kappa shape index (κ2) is 14.0. The molecule has 2 amide bonds. The number of benzene rings is 2. The number of carbonyl (C=O) groups is 2. The monoisotopic (exact) mass is 499 g/mol. The number of carbonyl (C=O) groups excluding carboxylic acids is 2. The van der Waals surface area contributed by atoms with E-state index in [1.807, 2.05) is 24.5 Å². The number of likely N-dealkylation sites (tertiary alicyclic amines) is 1. The first-order chi connectivity index (χ1) is 17.0. The van der Waals surface area contributed by atoms with E-state index in [2.05, 4.69) is 34.5 Å². The zero-order chi connectivity index (χ0) is 25.0. The van der Waals surface area contributed by atoms with Crippen LogP contribution in [0.15, 0.2) is 54.6 Å². The standard InChI is InChI=1S/C27H37N3O4S/c1-3-34-26(32)24(15-18-35-2)28-27(33)30(20-22-11-7-8-12-25(22)31)23-13-16-29(17-14-23)19-21-9-5-4-6-10-21/h4-12,23-24,31H,3,13-20H2,1-2H3,(H,28,33). The summed E-state index contributed by atoms with van der Waals surface area (Å²) in [6.07, 6.45) is 4.12. The normalized spacial score (nSPS) is 15.4. The van der Waals surface area contributed by atoms with E-state index in [1.54, 1.807) is 35.7 Å². The molecule has 190 valence electrons. The molecule has 2 aromatic rings. The summed E-state index contributed by atoms with van der Waals surface area (Å²) in [5.41, 5.74) is 1.96. The molecule has 1 unspecified atom stereocenters. The highest BCUT2D eigenvalue weighted by molar-refractivity contribution is 7.98. The van der Waals surface area contributed by atoms with E-state index in [0.717, 1.165) is 38.2 Å². The lowest BCUT2D eigenvalue weighted by Crippen LogP contribution is -2.53. The fraction of sp³-hybridized carbons (Fsp3) is 0.481. The highest BCUT2D eigenvalue weighted by atomic mass is 32.2. The molecule has 3 rings (SSSR count). The molecule has 1 heterocycles. The molecule has 0 saturated carbocycles. The van der Waals surface area contributed by atoms with Crippen molar-refractivity contribution in [1.82, 2.24) is 15.1 Å². The molecular weight excluding hydrogens is 462 g/mol. The van der Waals surface area contributed by atoms with Crippen LogP contribution in [0.3, 0.4) is 0 Å². The number of urea groups is 1. The second-order valence-corrected chi connectivity index (χ2v) is 9.77. The van der Waals surface area contributed by atoms with Gasteiger partial charge in [0.1, 0.15) is 11.8 Å². The Morgan fingerprint density at radius 1 is 1.14 bits per heavy atom. The van der Waals surface area contributed by atoms with Crippen molar-refractivity contribution in [1.29, 1.82) is 0 Å². The third-order valence-corrected chi connectivity index (χ3v) is 6.96. The minimum Gasteiger partial charge on any atom is -0.508 e. The number of ether oxygens (including phenoxy) is 1. The van der Waals surface area contributed by atoms with Gasteiger partial charge < -0.3 is 20.1 Å². The highest BCUT2D eigenvalue weighted by Gasteiger charge is 2.31. The second-order valence-electron chi connectivity index (χ2n) is 8.79. The highest BCUT2D eigenvalue weighted by Crippen LogP contribution is 2.24. The first kappa shape index (κ1) is 26.9. The SMILES string of the molecule is CCOC(=O)C(CCSC)NC(=O)N(Cc1ccccc1O)C1CCN(Cc2ccccc2)CC1. The van der Waals surface area contributed by atoms with E-state index < -0.39 is 12.0 Å². The van der Waals surface area contributed by atoms with Gasteiger partial charge in [-0.15, -0.1) is 0 Å². The number of aromatic hydroxyl groups is 1. The topological polar surface area (TPSA) is 82.1 Å². The Labute approximate surface area is 212 Å². The maximum absolute atomic E-state index is 13.5.